The average molecular weight is 297 g/mol. The van der Waals surface area contributed by atoms with Gasteiger partial charge in [0.2, 0.25) is 0 Å². The minimum Gasteiger partial charge on any atom is -0.370 e. The number of nitrogens with two attached hydrogens (primary N) is 1. The third-order valence-electron chi connectivity index (χ3n) is 2.59. The summed E-state index contributed by atoms with van der Waals surface area (Å²) in [7, 11) is 0. The van der Waals surface area contributed by atoms with E-state index in [0.29, 0.717) is 6.07 Å². The van der Waals surface area contributed by atoms with E-state index in [2.05, 4.69) is 4.98 Å². The molecule has 0 fully saturated rings. The second kappa shape index (κ2) is 5.27. The molecule has 6 nitrogen and oxygen atoms in total. The van der Waals surface area contributed by atoms with E-state index in [0.717, 1.165) is 6.07 Å². The number of rotatable bonds is 2. The summed E-state index contributed by atoms with van der Waals surface area (Å²) in [5.41, 5.74) is 3.59. The molecule has 0 saturated heterocycles. The van der Waals surface area contributed by atoms with Crippen LogP contribution in [0.25, 0.3) is 5.69 Å². The van der Waals surface area contributed by atoms with Crippen molar-refractivity contribution >= 4 is 11.9 Å². The monoisotopic (exact) mass is 297 g/mol. The van der Waals surface area contributed by atoms with Crippen LogP contribution in [-0.4, -0.2) is 21.4 Å². The Morgan fingerprint density at radius 3 is 2.62 bits per heavy atom. The van der Waals surface area contributed by atoms with Gasteiger partial charge in [0.25, 0.3) is 5.91 Å². The quantitative estimate of drug-likeness (QED) is 0.579. The first kappa shape index (κ1) is 14.6. The van der Waals surface area contributed by atoms with Crippen molar-refractivity contribution in [3.05, 3.63) is 48.0 Å². The number of amides is 1. The zero-order chi connectivity index (χ0) is 15.6. The highest BCUT2D eigenvalue weighted by Crippen LogP contribution is 2.34. The molecule has 0 atom stereocenters. The molecule has 1 amide bonds. The molecule has 1 heterocycles. The van der Waals surface area contributed by atoms with Gasteiger partial charge in [-0.2, -0.15) is 13.2 Å². The second-order valence-electron chi connectivity index (χ2n) is 4.07. The number of carbonyl (C=O) groups excluding carboxylic acids is 1. The van der Waals surface area contributed by atoms with Gasteiger partial charge in [0.15, 0.2) is 5.96 Å². The lowest BCUT2D eigenvalue weighted by Crippen LogP contribution is -2.35. The predicted molar refractivity (Wildman–Crippen MR) is 67.9 cm³/mol. The Kier molecular flexibility index (Phi) is 3.66. The van der Waals surface area contributed by atoms with E-state index in [4.69, 9.17) is 11.1 Å². The molecule has 0 aliphatic rings. The van der Waals surface area contributed by atoms with Crippen LogP contribution < -0.4 is 11.1 Å². The van der Waals surface area contributed by atoms with E-state index in [1.807, 2.05) is 5.32 Å². The molecule has 21 heavy (non-hydrogen) atoms. The van der Waals surface area contributed by atoms with Crippen molar-refractivity contribution in [2.24, 2.45) is 5.73 Å². The SMILES string of the molecule is N=C(N)NC(=O)c1ccc(-n2ccnc2)c(C(F)(F)F)c1. The lowest BCUT2D eigenvalue weighted by atomic mass is 10.1. The molecule has 0 aliphatic heterocycles. The van der Waals surface area contributed by atoms with Crippen LogP contribution in [0.15, 0.2) is 36.9 Å². The van der Waals surface area contributed by atoms with E-state index >= 15 is 0 Å². The number of nitrogens with zero attached hydrogens (tertiary/aromatic N) is 2. The Bertz CT molecular complexity index is 679. The molecule has 9 heteroatoms. The van der Waals surface area contributed by atoms with Gasteiger partial charge in [0.05, 0.1) is 17.6 Å². The fourth-order valence-corrected chi connectivity index (χ4v) is 1.73. The maximum atomic E-state index is 13.1. The highest BCUT2D eigenvalue weighted by Gasteiger charge is 2.34. The summed E-state index contributed by atoms with van der Waals surface area (Å²) in [6, 6.07) is 3.07. The van der Waals surface area contributed by atoms with Crippen LogP contribution in [0.1, 0.15) is 15.9 Å². The molecule has 110 valence electrons. The molecule has 0 unspecified atom stereocenters. The lowest BCUT2D eigenvalue weighted by Gasteiger charge is -2.14. The van der Waals surface area contributed by atoms with Gasteiger partial charge < -0.3 is 10.3 Å². The normalized spacial score (nSPS) is 11.2. The maximum absolute atomic E-state index is 13.1. The van der Waals surface area contributed by atoms with Crippen molar-refractivity contribution < 1.29 is 18.0 Å². The van der Waals surface area contributed by atoms with Gasteiger partial charge in [-0.1, -0.05) is 0 Å². The molecule has 1 aromatic carbocycles. The van der Waals surface area contributed by atoms with Gasteiger partial charge in [-0.3, -0.25) is 15.5 Å². The van der Waals surface area contributed by atoms with Crippen molar-refractivity contribution in [2.75, 3.05) is 0 Å². The van der Waals surface area contributed by atoms with Crippen LogP contribution in [0.3, 0.4) is 0 Å². The first-order valence-corrected chi connectivity index (χ1v) is 5.64. The van der Waals surface area contributed by atoms with Crippen molar-refractivity contribution in [1.82, 2.24) is 14.9 Å². The molecule has 0 bridgehead atoms. The van der Waals surface area contributed by atoms with E-state index in [-0.39, 0.29) is 11.3 Å². The number of guanidine groups is 1. The Morgan fingerprint density at radius 1 is 1.38 bits per heavy atom. The molecule has 0 spiro atoms. The molecule has 1 aromatic heterocycles. The minimum atomic E-state index is -4.65. The number of halogens is 3. The number of nitrogens with one attached hydrogen (secondary N) is 2. The van der Waals surface area contributed by atoms with Gasteiger partial charge in [0.1, 0.15) is 0 Å². The standard InChI is InChI=1S/C12H10F3N5O/c13-12(14,15)8-5-7(10(21)19-11(16)17)1-2-9(8)20-4-3-18-6-20/h1-6H,(H4,16,17,19,21). The van der Waals surface area contributed by atoms with E-state index in [1.165, 1.54) is 29.4 Å². The molecule has 0 radical (unpaired) electrons. The molecular weight excluding hydrogens is 287 g/mol. The molecule has 4 N–H and O–H groups in total. The average Bonchev–Trinajstić information content (AvgIpc) is 2.89. The number of carbonyl (C=O) groups is 1. The number of benzene rings is 1. The Balaban J connectivity index is 2.51. The summed E-state index contributed by atoms with van der Waals surface area (Å²) in [4.78, 5) is 15.3. The largest absolute Gasteiger partial charge is 0.418 e. The summed E-state index contributed by atoms with van der Waals surface area (Å²) >= 11 is 0. The third-order valence-corrected chi connectivity index (χ3v) is 2.59. The summed E-state index contributed by atoms with van der Waals surface area (Å²) < 4.78 is 40.5. The fourth-order valence-electron chi connectivity index (χ4n) is 1.73. The number of hydrogen-bond donors (Lipinski definition) is 3. The first-order valence-electron chi connectivity index (χ1n) is 5.64. The van der Waals surface area contributed by atoms with Crippen molar-refractivity contribution in [3.8, 4) is 5.69 Å². The zero-order valence-corrected chi connectivity index (χ0v) is 10.5. The lowest BCUT2D eigenvalue weighted by molar-refractivity contribution is -0.137. The number of imidazole rings is 1. The van der Waals surface area contributed by atoms with Crippen LogP contribution in [0.4, 0.5) is 13.2 Å². The second-order valence-corrected chi connectivity index (χ2v) is 4.07. The van der Waals surface area contributed by atoms with E-state index in [1.54, 1.807) is 0 Å². The van der Waals surface area contributed by atoms with Gasteiger partial charge >= 0.3 is 6.18 Å². The smallest absolute Gasteiger partial charge is 0.370 e. The summed E-state index contributed by atoms with van der Waals surface area (Å²) in [6.07, 6.45) is -0.720. The van der Waals surface area contributed by atoms with Crippen LogP contribution in [-0.2, 0) is 6.18 Å². The van der Waals surface area contributed by atoms with Gasteiger partial charge in [0, 0.05) is 18.0 Å². The maximum Gasteiger partial charge on any atom is 0.418 e. The van der Waals surface area contributed by atoms with Crippen LogP contribution in [0.5, 0.6) is 0 Å². The molecule has 2 rings (SSSR count). The number of hydrogen-bond acceptors (Lipinski definition) is 3. The highest BCUT2D eigenvalue weighted by molar-refractivity contribution is 6.04. The van der Waals surface area contributed by atoms with Crippen LogP contribution in [0, 0.1) is 5.41 Å². The van der Waals surface area contributed by atoms with Crippen molar-refractivity contribution in [1.29, 1.82) is 5.41 Å². The number of alkyl halides is 3. The Labute approximate surface area is 116 Å². The Hall–Kier alpha value is -2.84. The number of aromatic nitrogens is 2. The molecule has 2 aromatic rings. The summed E-state index contributed by atoms with van der Waals surface area (Å²) in [6.45, 7) is 0. The van der Waals surface area contributed by atoms with Crippen molar-refractivity contribution in [2.45, 2.75) is 6.18 Å². The predicted octanol–water partition coefficient (Wildman–Crippen LogP) is 1.51. The van der Waals surface area contributed by atoms with E-state index < -0.39 is 23.6 Å². The third kappa shape index (κ3) is 3.19. The fraction of sp³-hybridized carbons (Fsp3) is 0.0833. The summed E-state index contributed by atoms with van der Waals surface area (Å²) in [5, 5.41) is 8.85. The Morgan fingerprint density at radius 2 is 2.10 bits per heavy atom. The first-order chi connectivity index (χ1) is 9.79. The zero-order valence-electron chi connectivity index (χ0n) is 10.5. The summed E-state index contributed by atoms with van der Waals surface area (Å²) in [5.74, 6) is -1.53. The van der Waals surface area contributed by atoms with E-state index in [9.17, 15) is 18.0 Å². The molecular formula is C12H10F3N5O. The van der Waals surface area contributed by atoms with Gasteiger partial charge in [-0.05, 0) is 18.2 Å². The van der Waals surface area contributed by atoms with Crippen LogP contribution in [0.2, 0.25) is 0 Å². The van der Waals surface area contributed by atoms with Crippen LogP contribution >= 0.6 is 0 Å². The van der Waals surface area contributed by atoms with Gasteiger partial charge in [-0.15, -0.1) is 0 Å². The topological polar surface area (TPSA) is 96.8 Å². The molecule has 0 saturated carbocycles. The highest BCUT2D eigenvalue weighted by atomic mass is 19.4. The molecule has 0 aliphatic carbocycles. The van der Waals surface area contributed by atoms with Gasteiger partial charge in [-0.25, -0.2) is 4.98 Å². The minimum absolute atomic E-state index is 0.153. The van der Waals surface area contributed by atoms with Crippen molar-refractivity contribution in [3.63, 3.8) is 0 Å².